The maximum atomic E-state index is 6.50. The van der Waals surface area contributed by atoms with Crippen LogP contribution in [0, 0.1) is 5.92 Å². The van der Waals surface area contributed by atoms with E-state index in [0.29, 0.717) is 0 Å². The summed E-state index contributed by atoms with van der Waals surface area (Å²) in [6.45, 7) is 9.13. The zero-order valence-corrected chi connectivity index (χ0v) is 13.5. The number of piperidine rings is 1. The maximum Gasteiger partial charge on any atom is 0.0863 e. The summed E-state index contributed by atoms with van der Waals surface area (Å²) in [5.41, 5.74) is 7.90. The van der Waals surface area contributed by atoms with Gasteiger partial charge in [0.25, 0.3) is 0 Å². The van der Waals surface area contributed by atoms with Gasteiger partial charge in [-0.2, -0.15) is 5.10 Å². The van der Waals surface area contributed by atoms with Crippen molar-refractivity contribution in [3.8, 4) is 0 Å². The Kier molecular flexibility index (Phi) is 5.87. The summed E-state index contributed by atoms with van der Waals surface area (Å²) in [5.74, 6) is 0.746. The molecule has 2 heterocycles. The normalized spacial score (nSPS) is 20.5. The fourth-order valence-electron chi connectivity index (χ4n) is 3.15. The highest BCUT2D eigenvalue weighted by Gasteiger charge is 2.22. The van der Waals surface area contributed by atoms with Gasteiger partial charge < -0.3 is 5.73 Å². The summed E-state index contributed by atoms with van der Waals surface area (Å²) in [4.78, 5) is 2.51. The zero-order chi connectivity index (χ0) is 14.5. The number of likely N-dealkylation sites (tertiary alicyclic amines) is 1. The third-order valence-electron chi connectivity index (χ3n) is 4.25. The van der Waals surface area contributed by atoms with Crippen molar-refractivity contribution in [3.05, 3.63) is 16.4 Å². The number of hydrogen-bond acceptors (Lipinski definition) is 3. The second-order valence-electron chi connectivity index (χ2n) is 5.70. The van der Waals surface area contributed by atoms with E-state index in [-0.39, 0.29) is 0 Å². The fraction of sp³-hybridized carbons (Fsp3) is 0.800. The van der Waals surface area contributed by atoms with Crippen LogP contribution in [0.2, 0.25) is 5.02 Å². The quantitative estimate of drug-likeness (QED) is 0.878. The minimum Gasteiger partial charge on any atom is -0.330 e. The molecule has 1 atom stereocenters. The molecular formula is C15H27ClN4. The van der Waals surface area contributed by atoms with Gasteiger partial charge in [0, 0.05) is 19.6 Å². The first kappa shape index (κ1) is 15.8. The van der Waals surface area contributed by atoms with Gasteiger partial charge in [-0.05, 0) is 51.6 Å². The first-order valence-electron chi connectivity index (χ1n) is 7.86. The van der Waals surface area contributed by atoms with E-state index in [4.69, 9.17) is 17.3 Å². The van der Waals surface area contributed by atoms with Crippen molar-refractivity contribution in [2.24, 2.45) is 11.7 Å². The van der Waals surface area contributed by atoms with Gasteiger partial charge in [-0.25, -0.2) is 0 Å². The summed E-state index contributed by atoms with van der Waals surface area (Å²) < 4.78 is 2.06. The first-order valence-corrected chi connectivity index (χ1v) is 8.23. The van der Waals surface area contributed by atoms with Crippen LogP contribution in [0.4, 0.5) is 0 Å². The van der Waals surface area contributed by atoms with E-state index in [2.05, 4.69) is 28.5 Å². The number of hydrogen-bond donors (Lipinski definition) is 1. The van der Waals surface area contributed by atoms with Crippen LogP contribution >= 0.6 is 11.6 Å². The van der Waals surface area contributed by atoms with E-state index in [1.54, 1.807) is 0 Å². The van der Waals surface area contributed by atoms with Crippen molar-refractivity contribution in [2.45, 2.75) is 52.6 Å². The molecule has 0 aromatic carbocycles. The smallest absolute Gasteiger partial charge is 0.0863 e. The Bertz CT molecular complexity index is 428. The van der Waals surface area contributed by atoms with Gasteiger partial charge in [-0.3, -0.25) is 9.58 Å². The number of nitrogens with zero attached hydrogens (tertiary/aromatic N) is 3. The number of nitrogens with two attached hydrogens (primary N) is 1. The largest absolute Gasteiger partial charge is 0.330 e. The van der Waals surface area contributed by atoms with Crippen molar-refractivity contribution < 1.29 is 0 Å². The highest BCUT2D eigenvalue weighted by Crippen LogP contribution is 2.26. The van der Waals surface area contributed by atoms with Crippen molar-refractivity contribution in [2.75, 3.05) is 19.6 Å². The summed E-state index contributed by atoms with van der Waals surface area (Å²) >= 11 is 6.50. The van der Waals surface area contributed by atoms with Gasteiger partial charge in [0.05, 0.1) is 16.4 Å². The lowest BCUT2D eigenvalue weighted by molar-refractivity contribution is 0.159. The molecule has 20 heavy (non-hydrogen) atoms. The highest BCUT2D eigenvalue weighted by atomic mass is 35.5. The van der Waals surface area contributed by atoms with E-state index in [9.17, 15) is 0 Å². The van der Waals surface area contributed by atoms with Crippen molar-refractivity contribution in [1.29, 1.82) is 0 Å². The molecule has 4 nitrogen and oxygen atoms in total. The standard InChI is InChI=1S/C15H27ClN4/c1-3-13-15(16)14(20(4-2)18-13)11-19-9-5-6-12(10-19)7-8-17/h12H,3-11,17H2,1-2H3. The predicted molar refractivity (Wildman–Crippen MR) is 84.0 cm³/mol. The molecule has 1 saturated heterocycles. The van der Waals surface area contributed by atoms with Crippen LogP contribution in [0.25, 0.3) is 0 Å². The van der Waals surface area contributed by atoms with Crippen LogP contribution in [0.3, 0.4) is 0 Å². The molecule has 0 aliphatic carbocycles. The van der Waals surface area contributed by atoms with Crippen molar-refractivity contribution in [1.82, 2.24) is 14.7 Å². The minimum absolute atomic E-state index is 0.746. The molecule has 1 fully saturated rings. The number of aromatic nitrogens is 2. The molecule has 0 saturated carbocycles. The number of aryl methyl sites for hydroxylation is 2. The predicted octanol–water partition coefficient (Wildman–Crippen LogP) is 2.68. The first-order chi connectivity index (χ1) is 9.69. The lowest BCUT2D eigenvalue weighted by Gasteiger charge is -2.32. The second kappa shape index (κ2) is 7.43. The Labute approximate surface area is 127 Å². The van der Waals surface area contributed by atoms with Crippen LogP contribution in [-0.2, 0) is 19.5 Å². The molecule has 2 rings (SSSR count). The highest BCUT2D eigenvalue weighted by molar-refractivity contribution is 6.31. The Morgan fingerprint density at radius 2 is 2.20 bits per heavy atom. The molecule has 1 aliphatic heterocycles. The maximum absolute atomic E-state index is 6.50. The topological polar surface area (TPSA) is 47.1 Å². The van der Waals surface area contributed by atoms with Crippen LogP contribution in [0.15, 0.2) is 0 Å². The molecule has 114 valence electrons. The average Bonchev–Trinajstić information content (AvgIpc) is 2.76. The van der Waals surface area contributed by atoms with E-state index < -0.39 is 0 Å². The van der Waals surface area contributed by atoms with Gasteiger partial charge in [-0.15, -0.1) is 0 Å². The molecule has 0 spiro atoms. The van der Waals surface area contributed by atoms with Gasteiger partial charge in [-0.1, -0.05) is 18.5 Å². The van der Waals surface area contributed by atoms with Gasteiger partial charge in [0.1, 0.15) is 0 Å². The van der Waals surface area contributed by atoms with E-state index in [1.165, 1.54) is 18.5 Å². The minimum atomic E-state index is 0.746. The zero-order valence-electron chi connectivity index (χ0n) is 12.7. The van der Waals surface area contributed by atoms with E-state index in [1.807, 2.05) is 0 Å². The Morgan fingerprint density at radius 1 is 1.40 bits per heavy atom. The molecular weight excluding hydrogens is 272 g/mol. The van der Waals surface area contributed by atoms with Gasteiger partial charge in [0.2, 0.25) is 0 Å². The van der Waals surface area contributed by atoms with Crippen molar-refractivity contribution in [3.63, 3.8) is 0 Å². The molecule has 1 aliphatic rings. The molecule has 1 aromatic heterocycles. The van der Waals surface area contributed by atoms with E-state index >= 15 is 0 Å². The monoisotopic (exact) mass is 298 g/mol. The van der Waals surface area contributed by atoms with Crippen LogP contribution < -0.4 is 5.73 Å². The number of halogens is 1. The number of rotatable bonds is 6. The Hall–Kier alpha value is -0.580. The molecule has 0 radical (unpaired) electrons. The molecule has 1 unspecified atom stereocenters. The summed E-state index contributed by atoms with van der Waals surface area (Å²) in [6.07, 6.45) is 4.62. The fourth-order valence-corrected chi connectivity index (χ4v) is 3.48. The summed E-state index contributed by atoms with van der Waals surface area (Å²) in [5, 5.41) is 5.48. The third kappa shape index (κ3) is 3.54. The third-order valence-corrected chi connectivity index (χ3v) is 4.68. The molecule has 2 N–H and O–H groups in total. The lowest BCUT2D eigenvalue weighted by atomic mass is 9.95. The van der Waals surface area contributed by atoms with Crippen LogP contribution in [0.1, 0.15) is 44.5 Å². The summed E-state index contributed by atoms with van der Waals surface area (Å²) in [7, 11) is 0. The second-order valence-corrected chi connectivity index (χ2v) is 6.08. The summed E-state index contributed by atoms with van der Waals surface area (Å²) in [6, 6.07) is 0. The van der Waals surface area contributed by atoms with Gasteiger partial charge in [0.15, 0.2) is 0 Å². The Morgan fingerprint density at radius 3 is 2.85 bits per heavy atom. The molecule has 0 bridgehead atoms. The average molecular weight is 299 g/mol. The van der Waals surface area contributed by atoms with E-state index in [0.717, 1.165) is 62.2 Å². The SMILES string of the molecule is CCc1nn(CC)c(CN2CCCC(CCN)C2)c1Cl. The van der Waals surface area contributed by atoms with Crippen LogP contribution in [0.5, 0.6) is 0 Å². The Balaban J connectivity index is 2.07. The van der Waals surface area contributed by atoms with Gasteiger partial charge >= 0.3 is 0 Å². The van der Waals surface area contributed by atoms with Crippen molar-refractivity contribution >= 4 is 11.6 Å². The molecule has 1 aromatic rings. The lowest BCUT2D eigenvalue weighted by Crippen LogP contribution is -2.36. The van der Waals surface area contributed by atoms with Crippen LogP contribution in [-0.4, -0.2) is 34.3 Å². The molecule has 0 amide bonds. The molecule has 5 heteroatoms.